The molecule has 4 aromatic rings. The topological polar surface area (TPSA) is 80.4 Å². The highest BCUT2D eigenvalue weighted by Crippen LogP contribution is 2.30. The van der Waals surface area contributed by atoms with E-state index in [0.29, 0.717) is 17.0 Å². The highest BCUT2D eigenvalue weighted by atomic mass is 16.5. The molecule has 0 spiro atoms. The van der Waals surface area contributed by atoms with Gasteiger partial charge >= 0.3 is 5.69 Å². The lowest BCUT2D eigenvalue weighted by molar-refractivity contribution is 0.294. The summed E-state index contributed by atoms with van der Waals surface area (Å²) in [5.41, 5.74) is 4.03. The fourth-order valence-electron chi connectivity index (χ4n) is 3.50. The highest BCUT2D eigenvalue weighted by molar-refractivity contribution is 5.67. The molecule has 0 N–H and O–H groups in total. The van der Waals surface area contributed by atoms with Gasteiger partial charge < -0.3 is 14.2 Å². The minimum absolute atomic E-state index is 0.196. The normalized spacial score (nSPS) is 10.8. The number of nitrogens with zero attached hydrogens (tertiary/aromatic N) is 4. The Morgan fingerprint density at radius 1 is 0.875 bits per heavy atom. The molecule has 0 radical (unpaired) electrons. The lowest BCUT2D eigenvalue weighted by atomic mass is 10.0. The van der Waals surface area contributed by atoms with Crippen LogP contribution in [0.2, 0.25) is 0 Å². The van der Waals surface area contributed by atoms with Crippen LogP contribution in [-0.2, 0) is 13.7 Å². The van der Waals surface area contributed by atoms with E-state index in [1.165, 1.54) is 9.36 Å². The van der Waals surface area contributed by atoms with Crippen molar-refractivity contribution in [3.63, 3.8) is 0 Å². The van der Waals surface area contributed by atoms with Gasteiger partial charge in [-0.05, 0) is 70.4 Å². The molecule has 0 bridgehead atoms. The number of aryl methyl sites for hydroxylation is 2. The van der Waals surface area contributed by atoms with Crippen molar-refractivity contribution in [2.24, 2.45) is 7.05 Å². The molecule has 8 heteroatoms. The molecule has 0 aliphatic heterocycles. The summed E-state index contributed by atoms with van der Waals surface area (Å²) in [6, 6.07) is 19.3. The van der Waals surface area contributed by atoms with E-state index in [1.54, 1.807) is 33.4 Å². The molecule has 0 unspecified atom stereocenters. The minimum atomic E-state index is -0.349. The number of benzene rings is 3. The molecule has 0 fully saturated rings. The fraction of sp³-hybridized carbons (Fsp3) is 0.208. The van der Waals surface area contributed by atoms with Crippen molar-refractivity contribution in [2.45, 2.75) is 13.5 Å². The van der Waals surface area contributed by atoms with Crippen LogP contribution >= 0.6 is 0 Å². The van der Waals surface area contributed by atoms with Crippen molar-refractivity contribution < 1.29 is 14.2 Å². The molecule has 0 aliphatic carbocycles. The third-order valence-corrected chi connectivity index (χ3v) is 5.23. The summed E-state index contributed by atoms with van der Waals surface area (Å²) in [5, 5.41) is 7.75. The summed E-state index contributed by atoms with van der Waals surface area (Å²) in [7, 11) is 4.79. The predicted octanol–water partition coefficient (Wildman–Crippen LogP) is 3.54. The monoisotopic (exact) mass is 432 g/mol. The van der Waals surface area contributed by atoms with Crippen molar-refractivity contribution in [1.29, 1.82) is 0 Å². The van der Waals surface area contributed by atoms with Crippen molar-refractivity contribution in [3.05, 3.63) is 82.3 Å². The van der Waals surface area contributed by atoms with E-state index in [1.807, 2.05) is 49.4 Å². The van der Waals surface area contributed by atoms with Crippen molar-refractivity contribution in [3.8, 4) is 34.1 Å². The Morgan fingerprint density at radius 3 is 2.34 bits per heavy atom. The SMILES string of the molecule is COc1cccc(-c2ccc(OCc3c(OC)cccc3-n3nnn(C)c3=O)c(C)c2)c1. The Balaban J connectivity index is 1.63. The summed E-state index contributed by atoms with van der Waals surface area (Å²) in [6.07, 6.45) is 0. The molecule has 0 saturated heterocycles. The first-order valence-electron chi connectivity index (χ1n) is 10.0. The van der Waals surface area contributed by atoms with Gasteiger partial charge in [0.1, 0.15) is 23.9 Å². The summed E-state index contributed by atoms with van der Waals surface area (Å²) in [4.78, 5) is 12.4. The van der Waals surface area contributed by atoms with Crippen LogP contribution in [0.4, 0.5) is 0 Å². The number of hydrogen-bond donors (Lipinski definition) is 0. The number of tetrazole rings is 1. The van der Waals surface area contributed by atoms with Gasteiger partial charge in [-0.1, -0.05) is 24.3 Å². The molecule has 0 amide bonds. The molecule has 3 aromatic carbocycles. The number of ether oxygens (including phenoxy) is 3. The van der Waals surface area contributed by atoms with Gasteiger partial charge in [0, 0.05) is 7.05 Å². The van der Waals surface area contributed by atoms with E-state index in [2.05, 4.69) is 16.5 Å². The molecule has 0 saturated carbocycles. The first-order valence-corrected chi connectivity index (χ1v) is 10.0. The average molecular weight is 432 g/mol. The van der Waals surface area contributed by atoms with Gasteiger partial charge in [-0.15, -0.1) is 0 Å². The average Bonchev–Trinajstić information content (AvgIpc) is 3.16. The van der Waals surface area contributed by atoms with Crippen LogP contribution in [0.3, 0.4) is 0 Å². The van der Waals surface area contributed by atoms with Crippen LogP contribution in [0.15, 0.2) is 65.5 Å². The second-order valence-corrected chi connectivity index (χ2v) is 7.26. The van der Waals surface area contributed by atoms with Crippen molar-refractivity contribution >= 4 is 0 Å². The summed E-state index contributed by atoms with van der Waals surface area (Å²) in [6.45, 7) is 2.19. The standard InChI is InChI=1S/C24H24N4O4/c1-16-13-18(17-7-5-8-19(14-17)30-3)11-12-22(16)32-15-20-21(9-6-10-23(20)31-4)28-24(29)27(2)25-26-28/h5-14H,15H2,1-4H3. The summed E-state index contributed by atoms with van der Waals surface area (Å²) < 4.78 is 19.4. The Bertz CT molecular complexity index is 1310. The maximum Gasteiger partial charge on any atom is 0.368 e. The zero-order chi connectivity index (χ0) is 22.7. The Labute approximate surface area is 185 Å². The molecule has 0 aliphatic rings. The van der Waals surface area contributed by atoms with Crippen LogP contribution in [-0.4, -0.2) is 34.0 Å². The number of rotatable bonds is 7. The molecule has 4 rings (SSSR count). The molecule has 8 nitrogen and oxygen atoms in total. The Hall–Kier alpha value is -4.07. The van der Waals surface area contributed by atoms with E-state index < -0.39 is 0 Å². The number of methoxy groups -OCH3 is 2. The summed E-state index contributed by atoms with van der Waals surface area (Å²) >= 11 is 0. The first-order chi connectivity index (χ1) is 15.5. The van der Waals surface area contributed by atoms with E-state index in [-0.39, 0.29) is 12.3 Å². The van der Waals surface area contributed by atoms with E-state index in [9.17, 15) is 4.79 Å². The van der Waals surface area contributed by atoms with Crippen LogP contribution in [0.1, 0.15) is 11.1 Å². The predicted molar refractivity (Wildman–Crippen MR) is 121 cm³/mol. The zero-order valence-corrected chi connectivity index (χ0v) is 18.4. The van der Waals surface area contributed by atoms with Gasteiger partial charge in [0.2, 0.25) is 0 Å². The van der Waals surface area contributed by atoms with Crippen LogP contribution in [0, 0.1) is 6.92 Å². The summed E-state index contributed by atoms with van der Waals surface area (Å²) in [5.74, 6) is 2.15. The number of aromatic nitrogens is 4. The minimum Gasteiger partial charge on any atom is -0.497 e. The van der Waals surface area contributed by atoms with Gasteiger partial charge in [-0.3, -0.25) is 0 Å². The third kappa shape index (κ3) is 4.07. The largest absolute Gasteiger partial charge is 0.497 e. The van der Waals surface area contributed by atoms with Crippen LogP contribution < -0.4 is 19.9 Å². The van der Waals surface area contributed by atoms with Crippen molar-refractivity contribution in [2.75, 3.05) is 14.2 Å². The number of hydrogen-bond acceptors (Lipinski definition) is 6. The smallest absolute Gasteiger partial charge is 0.368 e. The van der Waals surface area contributed by atoms with Crippen LogP contribution in [0.25, 0.3) is 16.8 Å². The molecule has 32 heavy (non-hydrogen) atoms. The lowest BCUT2D eigenvalue weighted by Gasteiger charge is -2.15. The van der Waals surface area contributed by atoms with Gasteiger partial charge in [0.15, 0.2) is 0 Å². The van der Waals surface area contributed by atoms with E-state index >= 15 is 0 Å². The maximum absolute atomic E-state index is 12.4. The molecular formula is C24H24N4O4. The van der Waals surface area contributed by atoms with Crippen molar-refractivity contribution in [1.82, 2.24) is 19.8 Å². The Morgan fingerprint density at radius 2 is 1.66 bits per heavy atom. The molecular weight excluding hydrogens is 408 g/mol. The molecule has 1 aromatic heterocycles. The van der Waals surface area contributed by atoms with Gasteiger partial charge in [0.05, 0.1) is 25.5 Å². The van der Waals surface area contributed by atoms with Gasteiger partial charge in [-0.25, -0.2) is 4.79 Å². The van der Waals surface area contributed by atoms with E-state index in [4.69, 9.17) is 14.2 Å². The lowest BCUT2D eigenvalue weighted by Crippen LogP contribution is -2.23. The molecule has 0 atom stereocenters. The van der Waals surface area contributed by atoms with Gasteiger partial charge in [-0.2, -0.15) is 9.36 Å². The maximum atomic E-state index is 12.4. The quantitative estimate of drug-likeness (QED) is 0.444. The third-order valence-electron chi connectivity index (χ3n) is 5.23. The zero-order valence-electron chi connectivity index (χ0n) is 18.4. The van der Waals surface area contributed by atoms with Gasteiger partial charge in [0.25, 0.3) is 0 Å². The Kier molecular flexibility index (Phi) is 5.93. The van der Waals surface area contributed by atoms with Crippen LogP contribution in [0.5, 0.6) is 17.2 Å². The molecule has 164 valence electrons. The highest BCUT2D eigenvalue weighted by Gasteiger charge is 2.16. The molecule has 1 heterocycles. The second kappa shape index (κ2) is 8.97. The van der Waals surface area contributed by atoms with E-state index in [0.717, 1.165) is 28.2 Å². The first kappa shape index (κ1) is 21.2. The fourth-order valence-corrected chi connectivity index (χ4v) is 3.50. The second-order valence-electron chi connectivity index (χ2n) is 7.26.